The second kappa shape index (κ2) is 5.95. The predicted molar refractivity (Wildman–Crippen MR) is 84.1 cm³/mol. The van der Waals surface area contributed by atoms with Gasteiger partial charge in [0.1, 0.15) is 5.82 Å². The number of nitrogens with one attached hydrogen (secondary N) is 1. The Hall–Kier alpha value is -1.72. The molecule has 3 rings (SSSR count). The first-order valence-electron chi connectivity index (χ1n) is 6.78. The zero-order valence-electron chi connectivity index (χ0n) is 11.6. The summed E-state index contributed by atoms with van der Waals surface area (Å²) in [6.45, 7) is 2.44. The van der Waals surface area contributed by atoms with Gasteiger partial charge in [0.05, 0.1) is 12.3 Å². The van der Waals surface area contributed by atoms with Crippen molar-refractivity contribution in [2.75, 3.05) is 11.9 Å². The average Bonchev–Trinajstić information content (AvgIpc) is 2.50. The van der Waals surface area contributed by atoms with Crippen molar-refractivity contribution in [3.05, 3.63) is 57.7 Å². The van der Waals surface area contributed by atoms with Gasteiger partial charge in [-0.05, 0) is 52.5 Å². The Labute approximate surface area is 131 Å². The van der Waals surface area contributed by atoms with Gasteiger partial charge >= 0.3 is 0 Å². The SMILES string of the molecule is Cc1nc(NC(=O)C2OCCc3ccccc32)ccc1Br. The van der Waals surface area contributed by atoms with Gasteiger partial charge in [-0.25, -0.2) is 4.98 Å². The Morgan fingerprint density at radius 3 is 2.95 bits per heavy atom. The molecule has 1 N–H and O–H groups in total. The Kier molecular flexibility index (Phi) is 4.03. The molecule has 0 saturated heterocycles. The van der Waals surface area contributed by atoms with Crippen LogP contribution in [0.3, 0.4) is 0 Å². The zero-order chi connectivity index (χ0) is 14.8. The number of carbonyl (C=O) groups excluding carboxylic acids is 1. The van der Waals surface area contributed by atoms with Crippen LogP contribution in [0.5, 0.6) is 0 Å². The van der Waals surface area contributed by atoms with Gasteiger partial charge in [-0.15, -0.1) is 0 Å². The predicted octanol–water partition coefficient (Wildman–Crippen LogP) is 3.41. The first-order chi connectivity index (χ1) is 10.1. The molecule has 2 heterocycles. The fourth-order valence-electron chi connectivity index (χ4n) is 2.42. The molecular weight excluding hydrogens is 332 g/mol. The van der Waals surface area contributed by atoms with Crippen LogP contribution < -0.4 is 5.32 Å². The number of aromatic nitrogens is 1. The number of carbonyl (C=O) groups is 1. The number of aryl methyl sites for hydroxylation is 1. The van der Waals surface area contributed by atoms with Crippen LogP contribution in [0.1, 0.15) is 22.9 Å². The van der Waals surface area contributed by atoms with Gasteiger partial charge in [-0.2, -0.15) is 0 Å². The Bertz CT molecular complexity index is 688. The molecule has 2 aromatic rings. The number of fused-ring (bicyclic) bond motifs is 1. The molecule has 0 radical (unpaired) electrons. The minimum Gasteiger partial charge on any atom is -0.363 e. The smallest absolute Gasteiger partial charge is 0.259 e. The summed E-state index contributed by atoms with van der Waals surface area (Å²) >= 11 is 3.39. The van der Waals surface area contributed by atoms with E-state index in [-0.39, 0.29) is 5.91 Å². The summed E-state index contributed by atoms with van der Waals surface area (Å²) in [5.41, 5.74) is 2.94. The maximum absolute atomic E-state index is 12.4. The fourth-order valence-corrected chi connectivity index (χ4v) is 2.64. The molecule has 108 valence electrons. The normalized spacial score (nSPS) is 17.1. The molecule has 4 nitrogen and oxygen atoms in total. The van der Waals surface area contributed by atoms with E-state index in [1.165, 1.54) is 5.56 Å². The van der Waals surface area contributed by atoms with E-state index in [2.05, 4.69) is 26.2 Å². The number of hydrogen-bond donors (Lipinski definition) is 1. The summed E-state index contributed by atoms with van der Waals surface area (Å²) in [6, 6.07) is 11.5. The van der Waals surface area contributed by atoms with E-state index >= 15 is 0 Å². The molecule has 0 aliphatic carbocycles. The Morgan fingerprint density at radius 2 is 2.14 bits per heavy atom. The van der Waals surface area contributed by atoms with E-state index in [0.29, 0.717) is 12.4 Å². The molecule has 0 saturated carbocycles. The van der Waals surface area contributed by atoms with Crippen LogP contribution in [0.15, 0.2) is 40.9 Å². The third kappa shape index (κ3) is 2.99. The molecule has 1 unspecified atom stereocenters. The van der Waals surface area contributed by atoms with Gasteiger partial charge in [-0.3, -0.25) is 4.79 Å². The van der Waals surface area contributed by atoms with E-state index in [1.54, 1.807) is 6.07 Å². The molecule has 1 aliphatic heterocycles. The summed E-state index contributed by atoms with van der Waals surface area (Å²) in [6.07, 6.45) is 0.274. The number of benzene rings is 1. The topological polar surface area (TPSA) is 51.2 Å². The van der Waals surface area contributed by atoms with Gasteiger partial charge in [-0.1, -0.05) is 24.3 Å². The molecular formula is C16H15BrN2O2. The van der Waals surface area contributed by atoms with Gasteiger partial charge in [0, 0.05) is 4.47 Å². The van der Waals surface area contributed by atoms with Crippen molar-refractivity contribution in [3.8, 4) is 0 Å². The fraction of sp³-hybridized carbons (Fsp3) is 0.250. The summed E-state index contributed by atoms with van der Waals surface area (Å²) in [5, 5.41) is 2.82. The highest BCUT2D eigenvalue weighted by molar-refractivity contribution is 9.10. The molecule has 1 aromatic heterocycles. The van der Waals surface area contributed by atoms with E-state index in [9.17, 15) is 4.79 Å². The third-order valence-electron chi connectivity index (χ3n) is 3.50. The lowest BCUT2D eigenvalue weighted by molar-refractivity contribution is -0.128. The molecule has 0 spiro atoms. The van der Waals surface area contributed by atoms with Crippen LogP contribution in [-0.4, -0.2) is 17.5 Å². The van der Waals surface area contributed by atoms with Gasteiger partial charge in [0.2, 0.25) is 0 Å². The first kappa shape index (κ1) is 14.2. The summed E-state index contributed by atoms with van der Waals surface area (Å²) < 4.78 is 6.56. The highest BCUT2D eigenvalue weighted by Gasteiger charge is 2.27. The minimum atomic E-state index is -0.569. The van der Waals surface area contributed by atoms with E-state index in [4.69, 9.17) is 4.74 Å². The monoisotopic (exact) mass is 346 g/mol. The quantitative estimate of drug-likeness (QED) is 0.906. The average molecular weight is 347 g/mol. The van der Waals surface area contributed by atoms with Gasteiger partial charge in [0.25, 0.3) is 5.91 Å². The van der Waals surface area contributed by atoms with Gasteiger partial charge < -0.3 is 10.1 Å². The van der Waals surface area contributed by atoms with Crippen molar-refractivity contribution in [2.24, 2.45) is 0 Å². The summed E-state index contributed by atoms with van der Waals surface area (Å²) in [7, 11) is 0. The number of ether oxygens (including phenoxy) is 1. The molecule has 5 heteroatoms. The largest absolute Gasteiger partial charge is 0.363 e. The number of amides is 1. The van der Waals surface area contributed by atoms with Crippen LogP contribution in [-0.2, 0) is 16.0 Å². The Morgan fingerprint density at radius 1 is 1.33 bits per heavy atom. The number of anilines is 1. The highest BCUT2D eigenvalue weighted by Crippen LogP contribution is 2.28. The molecule has 0 fully saturated rings. The number of nitrogens with zero attached hydrogens (tertiary/aromatic N) is 1. The lowest BCUT2D eigenvalue weighted by Gasteiger charge is -2.25. The second-order valence-corrected chi connectivity index (χ2v) is 5.81. The van der Waals surface area contributed by atoms with Crippen LogP contribution >= 0.6 is 15.9 Å². The first-order valence-corrected chi connectivity index (χ1v) is 7.58. The molecule has 21 heavy (non-hydrogen) atoms. The van der Waals surface area contributed by atoms with Crippen molar-refractivity contribution in [1.29, 1.82) is 0 Å². The van der Waals surface area contributed by atoms with Crippen molar-refractivity contribution in [1.82, 2.24) is 4.98 Å². The maximum atomic E-state index is 12.4. The van der Waals surface area contributed by atoms with E-state index in [1.807, 2.05) is 37.3 Å². The van der Waals surface area contributed by atoms with Crippen molar-refractivity contribution < 1.29 is 9.53 Å². The Balaban J connectivity index is 1.81. The summed E-state index contributed by atoms with van der Waals surface area (Å²) in [5.74, 6) is 0.351. The molecule has 1 aliphatic rings. The van der Waals surface area contributed by atoms with Crippen LogP contribution in [0, 0.1) is 6.92 Å². The number of rotatable bonds is 2. The minimum absolute atomic E-state index is 0.184. The van der Waals surface area contributed by atoms with E-state index < -0.39 is 6.10 Å². The number of hydrogen-bond acceptors (Lipinski definition) is 3. The lowest BCUT2D eigenvalue weighted by Crippen LogP contribution is -2.28. The molecule has 1 atom stereocenters. The highest BCUT2D eigenvalue weighted by atomic mass is 79.9. The zero-order valence-corrected chi connectivity index (χ0v) is 13.2. The number of halogens is 1. The van der Waals surface area contributed by atoms with Crippen molar-refractivity contribution >= 4 is 27.7 Å². The molecule has 1 amide bonds. The number of pyridine rings is 1. The second-order valence-electron chi connectivity index (χ2n) is 4.95. The third-order valence-corrected chi connectivity index (χ3v) is 4.34. The van der Waals surface area contributed by atoms with Crippen LogP contribution in [0.25, 0.3) is 0 Å². The lowest BCUT2D eigenvalue weighted by atomic mass is 9.97. The maximum Gasteiger partial charge on any atom is 0.259 e. The van der Waals surface area contributed by atoms with Gasteiger partial charge in [0.15, 0.2) is 6.10 Å². The van der Waals surface area contributed by atoms with Crippen molar-refractivity contribution in [2.45, 2.75) is 19.4 Å². The molecule has 0 bridgehead atoms. The van der Waals surface area contributed by atoms with E-state index in [0.717, 1.165) is 22.2 Å². The van der Waals surface area contributed by atoms with Crippen LogP contribution in [0.2, 0.25) is 0 Å². The standard InChI is InChI=1S/C16H15BrN2O2/c1-10-13(17)6-7-14(18-10)19-16(20)15-12-5-3-2-4-11(12)8-9-21-15/h2-7,15H,8-9H2,1H3,(H,18,19,20). The summed E-state index contributed by atoms with van der Waals surface area (Å²) in [4.78, 5) is 16.8. The molecule has 1 aromatic carbocycles. The van der Waals surface area contributed by atoms with Crippen LogP contribution in [0.4, 0.5) is 5.82 Å². The van der Waals surface area contributed by atoms with Crippen molar-refractivity contribution in [3.63, 3.8) is 0 Å².